The maximum Gasteiger partial charge on any atom is 0.266 e. The number of hydrogen-bond donors (Lipinski definition) is 0. The molecule has 32 heavy (non-hydrogen) atoms. The standard InChI is InChI=1S/C25H24N2O3S2/c28-24-23(32-25(31)27(24)17-20-9-6-13-29-20)15-18-16-26(22-11-5-4-10-21(18)22)12-14-30-19-7-2-1-3-8-19/h1-5,7-8,10-11,15-16,20H,6,9,12-14,17H2/b23-15-/t20-/m0/s1. The second-order valence-corrected chi connectivity index (χ2v) is 9.56. The fourth-order valence-electron chi connectivity index (χ4n) is 4.14. The average molecular weight is 465 g/mol. The number of carbonyl (C=O) groups excluding carboxylic acids is 1. The zero-order valence-electron chi connectivity index (χ0n) is 17.6. The third-order valence-electron chi connectivity index (χ3n) is 5.73. The second-order valence-electron chi connectivity index (χ2n) is 7.88. The monoisotopic (exact) mass is 464 g/mol. The van der Waals surface area contributed by atoms with Crippen LogP contribution in [0.15, 0.2) is 65.7 Å². The van der Waals surface area contributed by atoms with Crippen LogP contribution in [0, 0.1) is 0 Å². The number of aromatic nitrogens is 1. The van der Waals surface area contributed by atoms with Crippen LogP contribution in [0.4, 0.5) is 0 Å². The minimum atomic E-state index is -0.0280. The number of thiocarbonyl (C=S) groups is 1. The van der Waals surface area contributed by atoms with Gasteiger partial charge >= 0.3 is 0 Å². The Morgan fingerprint density at radius 3 is 2.78 bits per heavy atom. The molecular formula is C25H24N2O3S2. The summed E-state index contributed by atoms with van der Waals surface area (Å²) in [5, 5.41) is 1.11. The maximum atomic E-state index is 13.0. The van der Waals surface area contributed by atoms with Crippen LogP contribution in [0.3, 0.4) is 0 Å². The second kappa shape index (κ2) is 9.48. The molecule has 0 spiro atoms. The Labute approximate surface area is 197 Å². The van der Waals surface area contributed by atoms with Gasteiger partial charge in [-0.3, -0.25) is 9.69 Å². The van der Waals surface area contributed by atoms with Gasteiger partial charge < -0.3 is 14.0 Å². The molecule has 2 fully saturated rings. The molecule has 0 unspecified atom stereocenters. The zero-order chi connectivity index (χ0) is 21.9. The molecule has 3 heterocycles. The van der Waals surface area contributed by atoms with Crippen molar-refractivity contribution in [1.29, 1.82) is 0 Å². The molecule has 0 bridgehead atoms. The van der Waals surface area contributed by atoms with E-state index in [-0.39, 0.29) is 12.0 Å². The topological polar surface area (TPSA) is 43.7 Å². The van der Waals surface area contributed by atoms with E-state index in [1.54, 1.807) is 4.90 Å². The summed E-state index contributed by atoms with van der Waals surface area (Å²) in [6.07, 6.45) is 6.16. The molecule has 1 aromatic heterocycles. The van der Waals surface area contributed by atoms with E-state index in [1.165, 1.54) is 11.8 Å². The van der Waals surface area contributed by atoms with Crippen LogP contribution in [0.2, 0.25) is 0 Å². The van der Waals surface area contributed by atoms with Crippen molar-refractivity contribution in [3.05, 3.63) is 71.3 Å². The van der Waals surface area contributed by atoms with Gasteiger partial charge in [0.1, 0.15) is 16.7 Å². The van der Waals surface area contributed by atoms with Crippen LogP contribution >= 0.6 is 24.0 Å². The summed E-state index contributed by atoms with van der Waals surface area (Å²) in [4.78, 5) is 15.4. The number of carbonyl (C=O) groups is 1. The van der Waals surface area contributed by atoms with Crippen molar-refractivity contribution in [1.82, 2.24) is 9.47 Å². The lowest BCUT2D eigenvalue weighted by molar-refractivity contribution is -0.123. The molecule has 0 radical (unpaired) electrons. The molecular weight excluding hydrogens is 440 g/mol. The van der Waals surface area contributed by atoms with Gasteiger partial charge in [-0.2, -0.15) is 0 Å². The lowest BCUT2D eigenvalue weighted by Gasteiger charge is -2.18. The van der Waals surface area contributed by atoms with Crippen LogP contribution < -0.4 is 4.74 Å². The summed E-state index contributed by atoms with van der Waals surface area (Å²) in [7, 11) is 0. The van der Waals surface area contributed by atoms with Crippen LogP contribution in [0.25, 0.3) is 17.0 Å². The van der Waals surface area contributed by atoms with E-state index in [0.29, 0.717) is 28.9 Å². The SMILES string of the molecule is O=C1/C(=C/c2cn(CCOc3ccccc3)c3ccccc23)SC(=S)N1C[C@@H]1CCCO1. The number of fused-ring (bicyclic) bond motifs is 1. The van der Waals surface area contributed by atoms with Crippen molar-refractivity contribution in [2.75, 3.05) is 19.8 Å². The number of rotatable bonds is 7. The highest BCUT2D eigenvalue weighted by Crippen LogP contribution is 2.35. The summed E-state index contributed by atoms with van der Waals surface area (Å²) < 4.78 is 14.4. The lowest BCUT2D eigenvalue weighted by atomic mass is 10.1. The minimum Gasteiger partial charge on any atom is -0.492 e. The molecule has 0 aliphatic carbocycles. The van der Waals surface area contributed by atoms with Crippen molar-refractivity contribution in [3.63, 3.8) is 0 Å². The fraction of sp³-hybridized carbons (Fsp3) is 0.280. The minimum absolute atomic E-state index is 0.0280. The smallest absolute Gasteiger partial charge is 0.266 e. The summed E-state index contributed by atoms with van der Waals surface area (Å²) in [6.45, 7) is 2.58. The van der Waals surface area contributed by atoms with Crippen molar-refractivity contribution < 1.29 is 14.3 Å². The molecule has 7 heteroatoms. The number of ether oxygens (including phenoxy) is 2. The van der Waals surface area contributed by atoms with E-state index in [4.69, 9.17) is 21.7 Å². The highest BCUT2D eigenvalue weighted by Gasteiger charge is 2.34. The van der Waals surface area contributed by atoms with Gasteiger partial charge in [-0.25, -0.2) is 0 Å². The molecule has 3 aromatic rings. The van der Waals surface area contributed by atoms with Gasteiger partial charge in [0.15, 0.2) is 0 Å². The van der Waals surface area contributed by atoms with Crippen molar-refractivity contribution >= 4 is 51.2 Å². The van der Waals surface area contributed by atoms with E-state index in [1.807, 2.05) is 48.5 Å². The number of para-hydroxylation sites is 2. The molecule has 2 saturated heterocycles. The van der Waals surface area contributed by atoms with Crippen LogP contribution in [0.5, 0.6) is 5.75 Å². The third-order valence-corrected chi connectivity index (χ3v) is 7.11. The quantitative estimate of drug-likeness (QED) is 0.360. The van der Waals surface area contributed by atoms with Crippen molar-refractivity contribution in [2.45, 2.75) is 25.5 Å². The number of thioether (sulfide) groups is 1. The number of benzene rings is 2. The zero-order valence-corrected chi connectivity index (χ0v) is 19.2. The molecule has 2 aromatic carbocycles. The van der Waals surface area contributed by atoms with E-state index < -0.39 is 0 Å². The Bertz CT molecular complexity index is 1170. The molecule has 1 atom stereocenters. The van der Waals surface area contributed by atoms with Gasteiger partial charge in [-0.05, 0) is 37.1 Å². The van der Waals surface area contributed by atoms with Crippen LogP contribution in [-0.2, 0) is 16.1 Å². The molecule has 1 amide bonds. The highest BCUT2D eigenvalue weighted by atomic mass is 32.2. The van der Waals surface area contributed by atoms with Crippen LogP contribution in [-0.4, -0.2) is 45.6 Å². The summed E-state index contributed by atoms with van der Waals surface area (Å²) in [6, 6.07) is 18.0. The van der Waals surface area contributed by atoms with Gasteiger partial charge in [-0.15, -0.1) is 0 Å². The van der Waals surface area contributed by atoms with E-state index in [2.05, 4.69) is 22.9 Å². The Kier molecular flexibility index (Phi) is 6.30. The Hall–Kier alpha value is -2.61. The third kappa shape index (κ3) is 4.46. The average Bonchev–Trinajstić information content (AvgIpc) is 3.51. The van der Waals surface area contributed by atoms with E-state index >= 15 is 0 Å². The van der Waals surface area contributed by atoms with Gasteiger partial charge in [0.25, 0.3) is 5.91 Å². The lowest BCUT2D eigenvalue weighted by Crippen LogP contribution is -2.35. The molecule has 2 aliphatic heterocycles. The van der Waals surface area contributed by atoms with E-state index in [0.717, 1.165) is 41.7 Å². The summed E-state index contributed by atoms with van der Waals surface area (Å²) >= 11 is 6.87. The number of amides is 1. The first-order valence-corrected chi connectivity index (χ1v) is 12.0. The first-order valence-electron chi connectivity index (χ1n) is 10.8. The van der Waals surface area contributed by atoms with Gasteiger partial charge in [-0.1, -0.05) is 60.4 Å². The Morgan fingerprint density at radius 1 is 1.16 bits per heavy atom. The number of nitrogens with zero attached hydrogens (tertiary/aromatic N) is 2. The Balaban J connectivity index is 1.35. The number of hydrogen-bond acceptors (Lipinski definition) is 5. The Morgan fingerprint density at radius 2 is 1.97 bits per heavy atom. The van der Waals surface area contributed by atoms with Gasteiger partial charge in [0, 0.05) is 29.3 Å². The molecule has 5 rings (SSSR count). The highest BCUT2D eigenvalue weighted by molar-refractivity contribution is 8.26. The van der Waals surface area contributed by atoms with Crippen molar-refractivity contribution in [2.24, 2.45) is 0 Å². The normalized spacial score (nSPS) is 20.1. The fourth-order valence-corrected chi connectivity index (χ4v) is 5.41. The molecule has 164 valence electrons. The van der Waals surface area contributed by atoms with Gasteiger partial charge in [0.05, 0.1) is 24.1 Å². The van der Waals surface area contributed by atoms with Crippen molar-refractivity contribution in [3.8, 4) is 5.75 Å². The van der Waals surface area contributed by atoms with Crippen LogP contribution in [0.1, 0.15) is 18.4 Å². The molecule has 2 aliphatic rings. The summed E-state index contributed by atoms with van der Waals surface area (Å²) in [5.74, 6) is 0.832. The first kappa shape index (κ1) is 21.2. The predicted molar refractivity (Wildman–Crippen MR) is 133 cm³/mol. The summed E-state index contributed by atoms with van der Waals surface area (Å²) in [5.41, 5.74) is 2.13. The molecule has 5 nitrogen and oxygen atoms in total. The van der Waals surface area contributed by atoms with E-state index in [9.17, 15) is 4.79 Å². The predicted octanol–water partition coefficient (Wildman–Crippen LogP) is 5.10. The first-order chi connectivity index (χ1) is 15.7. The molecule has 0 saturated carbocycles. The maximum absolute atomic E-state index is 13.0. The molecule has 0 N–H and O–H groups in total. The largest absolute Gasteiger partial charge is 0.492 e. The van der Waals surface area contributed by atoms with Gasteiger partial charge in [0.2, 0.25) is 0 Å².